The topological polar surface area (TPSA) is 122 Å². The van der Waals surface area contributed by atoms with Crippen molar-refractivity contribution in [3.05, 3.63) is 65.9 Å². The molecule has 9 nitrogen and oxygen atoms in total. The molecule has 0 aliphatic carbocycles. The summed E-state index contributed by atoms with van der Waals surface area (Å²) in [7, 11) is 0. The second-order valence-corrected chi connectivity index (χ2v) is 6.30. The molecule has 0 bridgehead atoms. The van der Waals surface area contributed by atoms with Crippen molar-refractivity contribution in [1.82, 2.24) is 5.43 Å². The summed E-state index contributed by atoms with van der Waals surface area (Å²) in [4.78, 5) is 23.0. The number of aromatic carboxylic acids is 1. The van der Waals surface area contributed by atoms with Gasteiger partial charge in [0.15, 0.2) is 11.5 Å². The van der Waals surface area contributed by atoms with Crippen LogP contribution in [0.1, 0.15) is 16.1 Å². The summed E-state index contributed by atoms with van der Waals surface area (Å²) in [5.74, 6) is 0.847. The Morgan fingerprint density at radius 3 is 2.80 bits per heavy atom. The highest BCUT2D eigenvalue weighted by molar-refractivity contribution is 5.89. The summed E-state index contributed by atoms with van der Waals surface area (Å²) in [5, 5.41) is 15.9. The standard InChI is InChI=1S/C21H17N3O6/c25-20(11-22-15-4-6-18-19(9-15)29-12-28-18)24-23-10-16-5-7-17(30-16)13-2-1-3-14(8-13)21(26)27/h1-10,22H,11-12H2,(H,24,25)(H,26,27)/b23-10+. The molecule has 1 aromatic heterocycles. The Balaban J connectivity index is 1.30. The molecule has 0 unspecified atom stereocenters. The van der Waals surface area contributed by atoms with Gasteiger partial charge in [-0.2, -0.15) is 5.10 Å². The zero-order chi connectivity index (χ0) is 20.9. The van der Waals surface area contributed by atoms with Gasteiger partial charge in [0.25, 0.3) is 5.91 Å². The minimum absolute atomic E-state index is 0.0162. The molecule has 3 N–H and O–H groups in total. The van der Waals surface area contributed by atoms with E-state index in [2.05, 4.69) is 15.8 Å². The Morgan fingerprint density at radius 2 is 1.93 bits per heavy atom. The number of hydrogen-bond donors (Lipinski definition) is 3. The van der Waals surface area contributed by atoms with E-state index in [1.54, 1.807) is 42.5 Å². The number of fused-ring (bicyclic) bond motifs is 1. The molecular formula is C21H17N3O6. The van der Waals surface area contributed by atoms with Gasteiger partial charge in [-0.05, 0) is 36.4 Å². The number of hydrazone groups is 1. The summed E-state index contributed by atoms with van der Waals surface area (Å²) >= 11 is 0. The molecule has 0 fully saturated rings. The SMILES string of the molecule is O=C(CNc1ccc2c(c1)OCO2)N/N=C/c1ccc(-c2cccc(C(=O)O)c2)o1. The smallest absolute Gasteiger partial charge is 0.335 e. The molecular weight excluding hydrogens is 390 g/mol. The molecule has 2 aromatic carbocycles. The number of carbonyl (C=O) groups excluding carboxylic acids is 1. The lowest BCUT2D eigenvalue weighted by Crippen LogP contribution is -2.25. The van der Waals surface area contributed by atoms with E-state index < -0.39 is 5.97 Å². The number of furan rings is 1. The average Bonchev–Trinajstić information content (AvgIpc) is 3.41. The molecule has 0 saturated carbocycles. The normalized spacial score (nSPS) is 12.1. The van der Waals surface area contributed by atoms with E-state index in [9.17, 15) is 9.59 Å². The summed E-state index contributed by atoms with van der Waals surface area (Å²) < 4.78 is 16.1. The van der Waals surface area contributed by atoms with E-state index in [-0.39, 0.29) is 24.8 Å². The summed E-state index contributed by atoms with van der Waals surface area (Å²) in [6.07, 6.45) is 1.36. The second-order valence-electron chi connectivity index (χ2n) is 6.30. The van der Waals surface area contributed by atoms with E-state index in [4.69, 9.17) is 19.0 Å². The number of carboxylic acids is 1. The number of anilines is 1. The number of carbonyl (C=O) groups is 2. The van der Waals surface area contributed by atoms with E-state index in [0.717, 1.165) is 5.69 Å². The quantitative estimate of drug-likeness (QED) is 0.406. The van der Waals surface area contributed by atoms with Crippen LogP contribution in [0.3, 0.4) is 0 Å². The van der Waals surface area contributed by atoms with Gasteiger partial charge in [-0.3, -0.25) is 4.79 Å². The lowest BCUT2D eigenvalue weighted by atomic mass is 10.1. The third kappa shape index (κ3) is 4.41. The number of carboxylic acid groups (broad SMARTS) is 1. The second kappa shape index (κ2) is 8.39. The predicted molar refractivity (Wildman–Crippen MR) is 108 cm³/mol. The van der Waals surface area contributed by atoms with Gasteiger partial charge < -0.3 is 24.3 Å². The van der Waals surface area contributed by atoms with Crippen LogP contribution in [-0.4, -0.2) is 36.5 Å². The Morgan fingerprint density at radius 1 is 1.07 bits per heavy atom. The third-order valence-electron chi connectivity index (χ3n) is 4.23. The monoisotopic (exact) mass is 407 g/mol. The van der Waals surface area contributed by atoms with Gasteiger partial charge in [-0.25, -0.2) is 10.2 Å². The minimum Gasteiger partial charge on any atom is -0.478 e. The Kier molecular flexibility index (Phi) is 5.33. The van der Waals surface area contributed by atoms with Crippen molar-refractivity contribution in [2.75, 3.05) is 18.7 Å². The number of nitrogens with one attached hydrogen (secondary N) is 2. The molecule has 1 aliphatic heterocycles. The summed E-state index contributed by atoms with van der Waals surface area (Å²) in [6, 6.07) is 15.1. The van der Waals surface area contributed by atoms with Gasteiger partial charge in [0.05, 0.1) is 18.3 Å². The van der Waals surface area contributed by atoms with Crippen LogP contribution >= 0.6 is 0 Å². The zero-order valence-electron chi connectivity index (χ0n) is 15.6. The first-order valence-electron chi connectivity index (χ1n) is 8.97. The van der Waals surface area contributed by atoms with Crippen LogP contribution in [0.5, 0.6) is 11.5 Å². The summed E-state index contributed by atoms with van der Waals surface area (Å²) in [6.45, 7) is 0.204. The number of amides is 1. The maximum absolute atomic E-state index is 11.9. The lowest BCUT2D eigenvalue weighted by molar-refractivity contribution is -0.119. The number of benzene rings is 2. The van der Waals surface area contributed by atoms with Gasteiger partial charge in [-0.1, -0.05) is 12.1 Å². The summed E-state index contributed by atoms with van der Waals surface area (Å²) in [5.41, 5.74) is 3.92. The maximum atomic E-state index is 11.9. The fraction of sp³-hybridized carbons (Fsp3) is 0.0952. The van der Waals surface area contributed by atoms with Crippen molar-refractivity contribution in [1.29, 1.82) is 0 Å². The molecule has 1 amide bonds. The van der Waals surface area contributed by atoms with Gasteiger partial charge in [0.1, 0.15) is 11.5 Å². The fourth-order valence-electron chi connectivity index (χ4n) is 2.78. The van der Waals surface area contributed by atoms with Crippen molar-refractivity contribution in [3.63, 3.8) is 0 Å². The van der Waals surface area contributed by atoms with Crippen LogP contribution in [-0.2, 0) is 4.79 Å². The lowest BCUT2D eigenvalue weighted by Gasteiger charge is -2.06. The molecule has 0 saturated heterocycles. The van der Waals surface area contributed by atoms with E-state index in [1.165, 1.54) is 18.3 Å². The maximum Gasteiger partial charge on any atom is 0.335 e. The van der Waals surface area contributed by atoms with Crippen LogP contribution in [0.15, 0.2) is 64.1 Å². The van der Waals surface area contributed by atoms with Crippen LogP contribution in [0.2, 0.25) is 0 Å². The minimum atomic E-state index is -1.01. The molecule has 0 atom stereocenters. The van der Waals surface area contributed by atoms with Gasteiger partial charge >= 0.3 is 5.97 Å². The number of rotatable bonds is 7. The molecule has 3 aromatic rings. The number of ether oxygens (including phenoxy) is 2. The van der Waals surface area contributed by atoms with Gasteiger partial charge in [-0.15, -0.1) is 0 Å². The van der Waals surface area contributed by atoms with E-state index in [0.29, 0.717) is 28.6 Å². The average molecular weight is 407 g/mol. The highest BCUT2D eigenvalue weighted by Gasteiger charge is 2.13. The predicted octanol–water partition coefficient (Wildman–Crippen LogP) is 2.94. The fourth-order valence-corrected chi connectivity index (χ4v) is 2.78. The highest BCUT2D eigenvalue weighted by Crippen LogP contribution is 2.34. The van der Waals surface area contributed by atoms with Crippen molar-refractivity contribution in [2.24, 2.45) is 5.10 Å². The molecule has 4 rings (SSSR count). The Bertz CT molecular complexity index is 1120. The number of nitrogens with zero attached hydrogens (tertiary/aromatic N) is 1. The molecule has 1 aliphatic rings. The van der Waals surface area contributed by atoms with Crippen LogP contribution in [0.25, 0.3) is 11.3 Å². The van der Waals surface area contributed by atoms with Crippen molar-refractivity contribution < 1.29 is 28.6 Å². The van der Waals surface area contributed by atoms with Crippen LogP contribution < -0.4 is 20.2 Å². The van der Waals surface area contributed by atoms with Gasteiger partial charge in [0.2, 0.25) is 6.79 Å². The van der Waals surface area contributed by atoms with Crippen molar-refractivity contribution in [2.45, 2.75) is 0 Å². The molecule has 0 spiro atoms. The van der Waals surface area contributed by atoms with E-state index in [1.807, 2.05) is 0 Å². The van der Waals surface area contributed by atoms with Crippen molar-refractivity contribution >= 4 is 23.8 Å². The van der Waals surface area contributed by atoms with E-state index >= 15 is 0 Å². The van der Waals surface area contributed by atoms with Crippen LogP contribution in [0, 0.1) is 0 Å². The van der Waals surface area contributed by atoms with Crippen LogP contribution in [0.4, 0.5) is 5.69 Å². The molecule has 152 valence electrons. The highest BCUT2D eigenvalue weighted by atomic mass is 16.7. The Labute approximate surface area is 170 Å². The largest absolute Gasteiger partial charge is 0.478 e. The molecule has 9 heteroatoms. The first-order chi connectivity index (χ1) is 14.6. The first-order valence-corrected chi connectivity index (χ1v) is 8.97. The first kappa shape index (κ1) is 19.1. The van der Waals surface area contributed by atoms with Crippen molar-refractivity contribution in [3.8, 4) is 22.8 Å². The molecule has 0 radical (unpaired) electrons. The zero-order valence-corrected chi connectivity index (χ0v) is 15.6. The van der Waals surface area contributed by atoms with Gasteiger partial charge in [0, 0.05) is 17.3 Å². The number of hydrogen-bond acceptors (Lipinski definition) is 7. The molecule has 2 heterocycles. The Hall–Kier alpha value is -4.27. The molecule has 30 heavy (non-hydrogen) atoms. The third-order valence-corrected chi connectivity index (χ3v) is 4.23.